The van der Waals surface area contributed by atoms with Gasteiger partial charge in [-0.15, -0.1) is 0 Å². The number of benzene rings is 2. The molecule has 0 saturated carbocycles. The fourth-order valence-corrected chi connectivity index (χ4v) is 2.75. The van der Waals surface area contributed by atoms with Crippen LogP contribution >= 0.6 is 0 Å². The number of rotatable bonds is 7. The van der Waals surface area contributed by atoms with Crippen LogP contribution in [0.2, 0.25) is 0 Å². The zero-order valence-corrected chi connectivity index (χ0v) is 14.2. The fourth-order valence-electron chi connectivity index (χ4n) is 2.23. The first-order valence-electron chi connectivity index (χ1n) is 7.37. The Balaban J connectivity index is 2.16. The van der Waals surface area contributed by atoms with Crippen LogP contribution in [0.4, 0.5) is 0 Å². The van der Waals surface area contributed by atoms with E-state index in [1.54, 1.807) is 42.5 Å². The van der Waals surface area contributed by atoms with E-state index in [9.17, 15) is 9.00 Å². The van der Waals surface area contributed by atoms with E-state index in [1.165, 1.54) is 0 Å². The quantitative estimate of drug-likeness (QED) is 0.784. The molecule has 4 nitrogen and oxygen atoms in total. The van der Waals surface area contributed by atoms with Crippen molar-refractivity contribution < 1.29 is 13.7 Å². The Hall–Kier alpha value is -1.98. The highest BCUT2D eigenvalue weighted by atomic mass is 32.2. The van der Waals surface area contributed by atoms with Gasteiger partial charge in [0.05, 0.1) is 6.61 Å². The highest BCUT2D eigenvalue weighted by molar-refractivity contribution is 7.84. The average molecular weight is 331 g/mol. The molecule has 0 bridgehead atoms. The lowest BCUT2D eigenvalue weighted by Gasteiger charge is -2.22. The van der Waals surface area contributed by atoms with Crippen molar-refractivity contribution in [2.45, 2.75) is 11.4 Å². The molecule has 5 heteroatoms. The second-order valence-electron chi connectivity index (χ2n) is 5.18. The Bertz CT molecular complexity index is 656. The minimum atomic E-state index is -1.04. The van der Waals surface area contributed by atoms with Crippen LogP contribution < -0.4 is 0 Å². The topological polar surface area (TPSA) is 46.6 Å². The summed E-state index contributed by atoms with van der Waals surface area (Å²) in [6.07, 6.45) is 1.62. The van der Waals surface area contributed by atoms with Gasteiger partial charge in [0.2, 0.25) is 0 Å². The number of amides is 1. The van der Waals surface area contributed by atoms with Crippen molar-refractivity contribution in [2.75, 3.05) is 26.5 Å². The first kappa shape index (κ1) is 17.4. The summed E-state index contributed by atoms with van der Waals surface area (Å²) in [5, 5.41) is 0. The number of methoxy groups -OCH3 is 1. The Labute approximate surface area is 139 Å². The minimum absolute atomic E-state index is 0.0562. The van der Waals surface area contributed by atoms with Gasteiger partial charge in [-0.25, -0.2) is 0 Å². The van der Waals surface area contributed by atoms with Gasteiger partial charge in [-0.2, -0.15) is 0 Å². The van der Waals surface area contributed by atoms with E-state index in [-0.39, 0.29) is 5.91 Å². The molecule has 1 unspecified atom stereocenters. The predicted molar refractivity (Wildman–Crippen MR) is 91.8 cm³/mol. The van der Waals surface area contributed by atoms with Gasteiger partial charge in [0, 0.05) is 47.7 Å². The SMILES string of the molecule is COCCN(Cc1ccccc1)C(=O)c1ccc(S(C)=O)cc1. The van der Waals surface area contributed by atoms with Crippen molar-refractivity contribution in [1.82, 2.24) is 4.90 Å². The average Bonchev–Trinajstić information content (AvgIpc) is 2.59. The van der Waals surface area contributed by atoms with Crippen molar-refractivity contribution in [3.8, 4) is 0 Å². The Kier molecular flexibility index (Phi) is 6.50. The normalized spacial score (nSPS) is 11.9. The molecular formula is C18H21NO3S. The molecule has 1 amide bonds. The zero-order valence-electron chi connectivity index (χ0n) is 13.4. The van der Waals surface area contributed by atoms with E-state index in [0.717, 1.165) is 5.56 Å². The molecule has 0 fully saturated rings. The minimum Gasteiger partial charge on any atom is -0.383 e. The molecule has 2 aromatic rings. The van der Waals surface area contributed by atoms with Crippen LogP contribution in [0.3, 0.4) is 0 Å². The fraction of sp³-hybridized carbons (Fsp3) is 0.278. The highest BCUT2D eigenvalue weighted by Crippen LogP contribution is 2.13. The number of ether oxygens (including phenoxy) is 1. The highest BCUT2D eigenvalue weighted by Gasteiger charge is 2.16. The van der Waals surface area contributed by atoms with Gasteiger partial charge >= 0.3 is 0 Å². The summed E-state index contributed by atoms with van der Waals surface area (Å²) in [7, 11) is 0.579. The van der Waals surface area contributed by atoms with E-state index in [2.05, 4.69) is 0 Å². The Morgan fingerprint density at radius 3 is 2.30 bits per heavy atom. The van der Waals surface area contributed by atoms with Crippen LogP contribution in [0, 0.1) is 0 Å². The van der Waals surface area contributed by atoms with E-state index in [1.807, 2.05) is 30.3 Å². The molecule has 122 valence electrons. The lowest BCUT2D eigenvalue weighted by molar-refractivity contribution is 0.0680. The van der Waals surface area contributed by atoms with E-state index < -0.39 is 10.8 Å². The summed E-state index contributed by atoms with van der Waals surface area (Å²) in [5.41, 5.74) is 1.66. The Morgan fingerprint density at radius 1 is 1.09 bits per heavy atom. The van der Waals surface area contributed by atoms with E-state index in [4.69, 9.17) is 4.74 Å². The standard InChI is InChI=1S/C18H21NO3S/c1-22-13-12-19(14-15-6-4-3-5-7-15)18(20)16-8-10-17(11-9-16)23(2)21/h3-11H,12-14H2,1-2H3. The number of carbonyl (C=O) groups excluding carboxylic acids is 1. The molecule has 2 aromatic carbocycles. The summed E-state index contributed by atoms with van der Waals surface area (Å²) in [4.78, 5) is 15.2. The molecule has 2 rings (SSSR count). The van der Waals surface area contributed by atoms with Gasteiger partial charge in [-0.3, -0.25) is 9.00 Å². The van der Waals surface area contributed by atoms with E-state index in [0.29, 0.717) is 30.2 Å². The van der Waals surface area contributed by atoms with Crippen molar-refractivity contribution in [2.24, 2.45) is 0 Å². The third-order valence-electron chi connectivity index (χ3n) is 3.50. The predicted octanol–water partition coefficient (Wildman–Crippen LogP) is 2.71. The smallest absolute Gasteiger partial charge is 0.254 e. The third kappa shape index (κ3) is 5.01. The van der Waals surface area contributed by atoms with Crippen LogP contribution in [0.5, 0.6) is 0 Å². The molecule has 0 aliphatic carbocycles. The molecule has 0 spiro atoms. The molecule has 1 atom stereocenters. The van der Waals surface area contributed by atoms with Crippen LogP contribution in [-0.2, 0) is 22.1 Å². The van der Waals surface area contributed by atoms with Gasteiger partial charge in [-0.05, 0) is 29.8 Å². The summed E-state index contributed by atoms with van der Waals surface area (Å²) in [6, 6.07) is 16.8. The van der Waals surface area contributed by atoms with Crippen LogP contribution in [0.15, 0.2) is 59.5 Å². The molecule has 0 aliphatic heterocycles. The molecule has 0 aromatic heterocycles. The largest absolute Gasteiger partial charge is 0.383 e. The van der Waals surface area contributed by atoms with Gasteiger partial charge < -0.3 is 9.64 Å². The maximum absolute atomic E-state index is 12.7. The summed E-state index contributed by atoms with van der Waals surface area (Å²) in [6.45, 7) is 1.53. The van der Waals surface area contributed by atoms with E-state index >= 15 is 0 Å². The summed E-state index contributed by atoms with van der Waals surface area (Å²) < 4.78 is 16.6. The second-order valence-corrected chi connectivity index (χ2v) is 6.56. The van der Waals surface area contributed by atoms with Crippen LogP contribution in [-0.4, -0.2) is 41.5 Å². The molecule has 0 aliphatic rings. The molecule has 0 saturated heterocycles. The number of nitrogens with zero attached hydrogens (tertiary/aromatic N) is 1. The molecule has 0 radical (unpaired) electrons. The maximum Gasteiger partial charge on any atom is 0.254 e. The van der Waals surface area contributed by atoms with Crippen LogP contribution in [0.25, 0.3) is 0 Å². The first-order chi connectivity index (χ1) is 11.1. The van der Waals surface area contributed by atoms with Crippen molar-refractivity contribution in [3.05, 3.63) is 65.7 Å². The lowest BCUT2D eigenvalue weighted by atomic mass is 10.1. The monoisotopic (exact) mass is 331 g/mol. The van der Waals surface area contributed by atoms with Gasteiger partial charge in [-0.1, -0.05) is 30.3 Å². The number of carbonyl (C=O) groups is 1. The van der Waals surface area contributed by atoms with Crippen LogP contribution in [0.1, 0.15) is 15.9 Å². The molecule has 23 heavy (non-hydrogen) atoms. The second kappa shape index (κ2) is 8.60. The van der Waals surface area contributed by atoms with Crippen molar-refractivity contribution in [3.63, 3.8) is 0 Å². The van der Waals surface area contributed by atoms with Gasteiger partial charge in [0.1, 0.15) is 0 Å². The third-order valence-corrected chi connectivity index (χ3v) is 4.44. The summed E-state index contributed by atoms with van der Waals surface area (Å²) in [5.74, 6) is -0.0562. The van der Waals surface area contributed by atoms with Crippen molar-refractivity contribution in [1.29, 1.82) is 0 Å². The van der Waals surface area contributed by atoms with Gasteiger partial charge in [0.15, 0.2) is 0 Å². The Morgan fingerprint density at radius 2 is 1.74 bits per heavy atom. The number of hydrogen-bond acceptors (Lipinski definition) is 3. The zero-order chi connectivity index (χ0) is 16.7. The molecule has 0 N–H and O–H groups in total. The van der Waals surface area contributed by atoms with Gasteiger partial charge in [0.25, 0.3) is 5.91 Å². The molecular weight excluding hydrogens is 310 g/mol. The molecule has 0 heterocycles. The lowest BCUT2D eigenvalue weighted by Crippen LogP contribution is -2.33. The first-order valence-corrected chi connectivity index (χ1v) is 8.93. The summed E-state index contributed by atoms with van der Waals surface area (Å²) >= 11 is 0. The number of hydrogen-bond donors (Lipinski definition) is 0. The van der Waals surface area contributed by atoms with Crippen molar-refractivity contribution >= 4 is 16.7 Å². The maximum atomic E-state index is 12.7.